The van der Waals surface area contributed by atoms with E-state index in [1.54, 1.807) is 18.2 Å². The summed E-state index contributed by atoms with van der Waals surface area (Å²) >= 11 is 10.1. The molecule has 0 saturated carbocycles. The van der Waals surface area contributed by atoms with Crippen LogP contribution in [0.25, 0.3) is 0 Å². The first-order valence-electron chi connectivity index (χ1n) is 3.77. The first-order valence-corrected chi connectivity index (χ1v) is 4.56. The van der Waals surface area contributed by atoms with Crippen LogP contribution >= 0.6 is 23.8 Å². The summed E-state index contributed by atoms with van der Waals surface area (Å²) in [4.78, 5) is 0. The fourth-order valence-electron chi connectivity index (χ4n) is 0.998. The smallest absolute Gasteiger partial charge is 0.261 e. The second-order valence-corrected chi connectivity index (χ2v) is 3.27. The molecule has 0 aliphatic rings. The van der Waals surface area contributed by atoms with E-state index in [2.05, 4.69) is 12.2 Å². The van der Waals surface area contributed by atoms with Crippen LogP contribution in [0.3, 0.4) is 0 Å². The summed E-state index contributed by atoms with van der Waals surface area (Å²) in [6.45, 7) is 0. The minimum Gasteiger partial charge on any atom is -0.493 e. The Kier molecular flexibility index (Phi) is 3.98. The van der Waals surface area contributed by atoms with Gasteiger partial charge >= 0.3 is 0 Å². The van der Waals surface area contributed by atoms with Gasteiger partial charge in [0.05, 0.1) is 14.2 Å². The Bertz CT molecular complexity index is 319. The molecule has 0 radical (unpaired) electrons. The fraction of sp³-hybridized carbons (Fsp3) is 0.222. The minimum atomic E-state index is -0.104. The van der Waals surface area contributed by atoms with Crippen LogP contribution in [0.15, 0.2) is 18.2 Å². The van der Waals surface area contributed by atoms with Gasteiger partial charge in [0.1, 0.15) is 0 Å². The van der Waals surface area contributed by atoms with Gasteiger partial charge in [-0.15, -0.1) is 0 Å². The highest BCUT2D eigenvalue weighted by Crippen LogP contribution is 2.37. The summed E-state index contributed by atoms with van der Waals surface area (Å²) < 4.78 is 15.1. The van der Waals surface area contributed by atoms with Gasteiger partial charge in [0.25, 0.3) is 4.51 Å². The third-order valence-electron chi connectivity index (χ3n) is 1.56. The lowest BCUT2D eigenvalue weighted by Gasteiger charge is -2.11. The zero-order chi connectivity index (χ0) is 10.6. The second-order valence-electron chi connectivity index (χ2n) is 2.33. The van der Waals surface area contributed by atoms with Crippen molar-refractivity contribution in [2.45, 2.75) is 0 Å². The van der Waals surface area contributed by atoms with Gasteiger partial charge < -0.3 is 14.2 Å². The van der Waals surface area contributed by atoms with E-state index in [4.69, 9.17) is 25.8 Å². The molecule has 5 heteroatoms. The zero-order valence-electron chi connectivity index (χ0n) is 7.74. The number of hydrogen-bond acceptors (Lipinski definition) is 4. The molecule has 3 nitrogen and oxygen atoms in total. The number of methoxy groups -OCH3 is 2. The highest BCUT2D eigenvalue weighted by atomic mass is 35.5. The average molecular weight is 233 g/mol. The predicted octanol–water partition coefficient (Wildman–Crippen LogP) is 2.61. The second kappa shape index (κ2) is 5.02. The van der Waals surface area contributed by atoms with Crippen LogP contribution in [0.5, 0.6) is 17.2 Å². The quantitative estimate of drug-likeness (QED) is 0.592. The number of ether oxygens (including phenoxy) is 3. The molecule has 0 amide bonds. The molecule has 1 aromatic rings. The molecule has 1 rings (SSSR count). The average Bonchev–Trinajstić information content (AvgIpc) is 2.17. The molecule has 0 saturated heterocycles. The molecule has 0 aliphatic carbocycles. The Morgan fingerprint density at radius 3 is 2.07 bits per heavy atom. The monoisotopic (exact) mass is 232 g/mol. The van der Waals surface area contributed by atoms with E-state index in [1.165, 1.54) is 14.2 Å². The van der Waals surface area contributed by atoms with Crippen molar-refractivity contribution in [2.24, 2.45) is 0 Å². The number of rotatable bonds is 3. The standard InChI is InChI=1S/C9H9ClO3S/c1-11-6-4-3-5-7(12-2)8(6)13-9(10)14/h3-5H,1-2H3. The van der Waals surface area contributed by atoms with Gasteiger partial charge in [-0.3, -0.25) is 0 Å². The summed E-state index contributed by atoms with van der Waals surface area (Å²) in [5.41, 5.74) is 0. The van der Waals surface area contributed by atoms with Crippen molar-refractivity contribution in [3.05, 3.63) is 18.2 Å². The first-order chi connectivity index (χ1) is 6.69. The third-order valence-corrected chi connectivity index (χ3v) is 1.73. The fourth-order valence-corrected chi connectivity index (χ4v) is 1.16. The lowest BCUT2D eigenvalue weighted by molar-refractivity contribution is 0.363. The SMILES string of the molecule is COc1cccc(OC)c1OC(=S)Cl. The Morgan fingerprint density at radius 1 is 1.21 bits per heavy atom. The molecular formula is C9H9ClO3S. The number of hydrogen-bond donors (Lipinski definition) is 0. The van der Waals surface area contributed by atoms with Gasteiger partial charge in [-0.25, -0.2) is 0 Å². The molecule has 0 spiro atoms. The van der Waals surface area contributed by atoms with Gasteiger partial charge in [-0.2, -0.15) is 0 Å². The summed E-state index contributed by atoms with van der Waals surface area (Å²) in [6, 6.07) is 5.24. The van der Waals surface area contributed by atoms with Crippen LogP contribution in [-0.4, -0.2) is 18.7 Å². The molecule has 0 bridgehead atoms. The van der Waals surface area contributed by atoms with Crippen LogP contribution < -0.4 is 14.2 Å². The maximum absolute atomic E-state index is 5.47. The van der Waals surface area contributed by atoms with Gasteiger partial charge in [0.2, 0.25) is 5.75 Å². The van der Waals surface area contributed by atoms with E-state index in [-0.39, 0.29) is 4.51 Å². The maximum Gasteiger partial charge on any atom is 0.261 e. The summed E-state index contributed by atoms with van der Waals surface area (Å²) in [5, 5.41) is 0. The Labute approximate surface area is 92.5 Å². The van der Waals surface area contributed by atoms with Crippen molar-refractivity contribution in [3.63, 3.8) is 0 Å². The number of para-hydroxylation sites is 1. The lowest BCUT2D eigenvalue weighted by Crippen LogP contribution is -2.00. The molecule has 0 unspecified atom stereocenters. The Hall–Kier alpha value is -1.00. The van der Waals surface area contributed by atoms with Crippen LogP contribution in [0, 0.1) is 0 Å². The van der Waals surface area contributed by atoms with E-state index in [9.17, 15) is 0 Å². The third kappa shape index (κ3) is 2.49. The zero-order valence-corrected chi connectivity index (χ0v) is 9.32. The van der Waals surface area contributed by atoms with E-state index in [0.29, 0.717) is 17.2 Å². The normalized spacial score (nSPS) is 9.36. The van der Waals surface area contributed by atoms with Crippen LogP contribution in [-0.2, 0) is 0 Å². The Morgan fingerprint density at radius 2 is 1.71 bits per heavy atom. The minimum absolute atomic E-state index is 0.104. The summed E-state index contributed by atoms with van der Waals surface area (Å²) in [7, 11) is 3.05. The van der Waals surface area contributed by atoms with Crippen molar-refractivity contribution in [3.8, 4) is 17.2 Å². The Balaban J connectivity index is 3.12. The topological polar surface area (TPSA) is 27.7 Å². The predicted molar refractivity (Wildman–Crippen MR) is 58.6 cm³/mol. The molecule has 0 fully saturated rings. The summed E-state index contributed by atoms with van der Waals surface area (Å²) in [6.07, 6.45) is 0. The van der Waals surface area contributed by atoms with Crippen LogP contribution in [0.4, 0.5) is 0 Å². The van der Waals surface area contributed by atoms with Crippen LogP contribution in [0.2, 0.25) is 0 Å². The van der Waals surface area contributed by atoms with Crippen LogP contribution in [0.1, 0.15) is 0 Å². The molecule has 0 aliphatic heterocycles. The van der Waals surface area contributed by atoms with Crippen molar-refractivity contribution in [1.82, 2.24) is 0 Å². The van der Waals surface area contributed by atoms with Crippen molar-refractivity contribution >= 4 is 28.3 Å². The van der Waals surface area contributed by atoms with E-state index >= 15 is 0 Å². The molecule has 1 aromatic carbocycles. The van der Waals surface area contributed by atoms with Crippen molar-refractivity contribution in [2.75, 3.05) is 14.2 Å². The van der Waals surface area contributed by atoms with Crippen molar-refractivity contribution in [1.29, 1.82) is 0 Å². The molecule has 0 N–H and O–H groups in total. The molecule has 76 valence electrons. The molecular weight excluding hydrogens is 224 g/mol. The number of halogens is 1. The van der Waals surface area contributed by atoms with Gasteiger partial charge in [0, 0.05) is 0 Å². The first kappa shape index (κ1) is 11.1. The van der Waals surface area contributed by atoms with E-state index < -0.39 is 0 Å². The van der Waals surface area contributed by atoms with E-state index in [0.717, 1.165) is 0 Å². The number of thiocarbonyl (C=S) groups is 1. The maximum atomic E-state index is 5.47. The molecule has 0 heterocycles. The largest absolute Gasteiger partial charge is 0.493 e. The summed E-state index contributed by atoms with van der Waals surface area (Å²) in [5.74, 6) is 1.43. The van der Waals surface area contributed by atoms with Gasteiger partial charge in [-0.05, 0) is 36.0 Å². The molecule has 14 heavy (non-hydrogen) atoms. The van der Waals surface area contributed by atoms with Crippen molar-refractivity contribution < 1.29 is 14.2 Å². The number of benzene rings is 1. The molecule has 0 aromatic heterocycles. The van der Waals surface area contributed by atoms with E-state index in [1.807, 2.05) is 0 Å². The lowest BCUT2D eigenvalue weighted by atomic mass is 10.3. The highest BCUT2D eigenvalue weighted by Gasteiger charge is 2.12. The highest BCUT2D eigenvalue weighted by molar-refractivity contribution is 7.82. The van der Waals surface area contributed by atoms with Gasteiger partial charge in [0.15, 0.2) is 11.5 Å². The molecule has 0 atom stereocenters. The van der Waals surface area contributed by atoms with Gasteiger partial charge in [-0.1, -0.05) is 6.07 Å².